The second kappa shape index (κ2) is 11.4. The van der Waals surface area contributed by atoms with Crippen molar-refractivity contribution in [2.75, 3.05) is 0 Å². The van der Waals surface area contributed by atoms with E-state index in [4.69, 9.17) is 23.7 Å². The molecule has 2 aromatic rings. The fraction of sp³-hybridized carbons (Fsp3) is 0.217. The average molecular weight is 472 g/mol. The summed E-state index contributed by atoms with van der Waals surface area (Å²) in [5, 5.41) is 0. The smallest absolute Gasteiger partial charge is 0.345 e. The van der Waals surface area contributed by atoms with E-state index < -0.39 is 35.8 Å². The van der Waals surface area contributed by atoms with E-state index in [0.717, 1.165) is 26.8 Å². The van der Waals surface area contributed by atoms with Gasteiger partial charge in [0.1, 0.15) is 0 Å². The molecule has 0 radical (unpaired) electrons. The molecule has 0 atom stereocenters. The van der Waals surface area contributed by atoms with Crippen molar-refractivity contribution >= 4 is 35.8 Å². The van der Waals surface area contributed by atoms with Crippen molar-refractivity contribution in [3.63, 3.8) is 0 Å². The summed E-state index contributed by atoms with van der Waals surface area (Å²) in [6, 6.07) is 7.54. The van der Waals surface area contributed by atoms with Gasteiger partial charge in [-0.05, 0) is 35.9 Å². The normalized spacial score (nSPS) is 10.0. The van der Waals surface area contributed by atoms with Gasteiger partial charge in [0.25, 0.3) is 0 Å². The number of hydrogen-bond donors (Lipinski definition) is 0. The molecule has 0 aliphatic heterocycles. The summed E-state index contributed by atoms with van der Waals surface area (Å²) < 4.78 is 24.6. The lowest BCUT2D eigenvalue weighted by molar-refractivity contribution is -0.137. The molecule has 34 heavy (non-hydrogen) atoms. The van der Waals surface area contributed by atoms with Crippen LogP contribution in [-0.4, -0.2) is 35.8 Å². The molecule has 0 aromatic heterocycles. The van der Waals surface area contributed by atoms with Crippen LogP contribution in [0.25, 0.3) is 0 Å². The summed E-state index contributed by atoms with van der Waals surface area (Å²) >= 11 is 0. The Morgan fingerprint density at radius 2 is 1.03 bits per heavy atom. The lowest BCUT2D eigenvalue weighted by Crippen LogP contribution is -2.15. The number of hydrogen-bond acceptors (Lipinski definition) is 11. The largest absolute Gasteiger partial charge is 0.423 e. The molecule has 0 heterocycles. The van der Waals surface area contributed by atoms with Crippen LogP contribution in [0.3, 0.4) is 0 Å². The predicted molar refractivity (Wildman–Crippen MR) is 112 cm³/mol. The predicted octanol–water partition coefficient (Wildman–Crippen LogP) is 2.31. The maximum Gasteiger partial charge on any atom is 0.345 e. The third-order valence-corrected chi connectivity index (χ3v) is 3.76. The Bertz CT molecular complexity index is 1160. The summed E-state index contributed by atoms with van der Waals surface area (Å²) in [4.78, 5) is 69.7. The first-order valence-corrected chi connectivity index (χ1v) is 9.70. The average Bonchev–Trinajstić information content (AvgIpc) is 2.69. The van der Waals surface area contributed by atoms with Gasteiger partial charge in [-0.2, -0.15) is 0 Å². The molecule has 178 valence electrons. The highest BCUT2D eigenvalue weighted by Gasteiger charge is 2.19. The lowest BCUT2D eigenvalue weighted by Gasteiger charge is -2.11. The molecule has 0 amide bonds. The molecule has 11 nitrogen and oxygen atoms in total. The van der Waals surface area contributed by atoms with E-state index in [-0.39, 0.29) is 35.0 Å². The Kier molecular flexibility index (Phi) is 8.59. The molecule has 11 heteroatoms. The Labute approximate surface area is 193 Å². The zero-order valence-electron chi connectivity index (χ0n) is 18.7. The summed E-state index contributed by atoms with van der Waals surface area (Å²) in [6.07, 6.45) is -0.386. The fourth-order valence-electron chi connectivity index (χ4n) is 2.61. The first kappa shape index (κ1) is 25.7. The van der Waals surface area contributed by atoms with Crippen LogP contribution in [0.1, 0.15) is 43.6 Å². The van der Waals surface area contributed by atoms with Crippen molar-refractivity contribution in [3.8, 4) is 23.0 Å². The first-order valence-electron chi connectivity index (χ1n) is 9.70. The van der Waals surface area contributed by atoms with Crippen molar-refractivity contribution in [2.45, 2.75) is 34.1 Å². The van der Waals surface area contributed by atoms with Crippen molar-refractivity contribution in [3.05, 3.63) is 47.5 Å². The number of ether oxygens (including phenoxy) is 5. The van der Waals surface area contributed by atoms with E-state index >= 15 is 0 Å². The molecule has 2 rings (SSSR count). The number of benzene rings is 2. The minimum absolute atomic E-state index is 0.0261. The van der Waals surface area contributed by atoms with Crippen LogP contribution in [0.15, 0.2) is 36.4 Å². The van der Waals surface area contributed by atoms with Crippen LogP contribution >= 0.6 is 0 Å². The van der Waals surface area contributed by atoms with Gasteiger partial charge >= 0.3 is 35.8 Å². The Morgan fingerprint density at radius 3 is 1.53 bits per heavy atom. The van der Waals surface area contributed by atoms with Crippen molar-refractivity contribution < 1.29 is 52.5 Å². The van der Waals surface area contributed by atoms with Gasteiger partial charge in [0.2, 0.25) is 0 Å². The van der Waals surface area contributed by atoms with Crippen molar-refractivity contribution in [2.24, 2.45) is 0 Å². The van der Waals surface area contributed by atoms with E-state index in [9.17, 15) is 28.8 Å². The van der Waals surface area contributed by atoms with Crippen LogP contribution < -0.4 is 18.9 Å². The van der Waals surface area contributed by atoms with Crippen molar-refractivity contribution in [1.82, 2.24) is 0 Å². The minimum atomic E-state index is -1.05. The van der Waals surface area contributed by atoms with E-state index in [1.165, 1.54) is 37.3 Å². The molecule has 2 aromatic carbocycles. The van der Waals surface area contributed by atoms with Crippen LogP contribution in [0, 0.1) is 0 Å². The zero-order chi connectivity index (χ0) is 25.4. The highest BCUT2D eigenvalue weighted by Crippen LogP contribution is 2.30. The summed E-state index contributed by atoms with van der Waals surface area (Å²) in [5.41, 5.74) is 0.155. The third kappa shape index (κ3) is 7.86. The SMILES string of the molecule is CC(=O)Oc1ccc(CC(=O)OC(=O)c2ccc(OC(C)=O)c(OC(C)=O)c2)cc1OC(C)=O. The number of rotatable bonds is 7. The molecule has 0 bridgehead atoms. The standard InChI is InChI=1S/C23H20O11/c1-12(24)30-18-7-5-16(9-20(18)32-14(3)26)10-22(28)34-23(29)17-6-8-19(31-13(2)25)21(11-17)33-15(4)27/h5-9,11H,10H2,1-4H3. The lowest BCUT2D eigenvalue weighted by atomic mass is 10.1. The Morgan fingerprint density at radius 1 is 0.588 bits per heavy atom. The molecular weight excluding hydrogens is 452 g/mol. The molecule has 0 spiro atoms. The third-order valence-electron chi connectivity index (χ3n) is 3.76. The van der Waals surface area contributed by atoms with Gasteiger partial charge in [-0.1, -0.05) is 6.07 Å². The molecule has 0 N–H and O–H groups in total. The van der Waals surface area contributed by atoms with Crippen LogP contribution in [-0.2, 0) is 35.1 Å². The van der Waals surface area contributed by atoms with Crippen LogP contribution in [0.4, 0.5) is 0 Å². The number of esters is 6. The second-order valence-corrected chi connectivity index (χ2v) is 6.76. The maximum absolute atomic E-state index is 12.4. The van der Waals surface area contributed by atoms with Gasteiger partial charge in [0, 0.05) is 27.7 Å². The van der Waals surface area contributed by atoms with Crippen molar-refractivity contribution in [1.29, 1.82) is 0 Å². The van der Waals surface area contributed by atoms with E-state index in [2.05, 4.69) is 0 Å². The van der Waals surface area contributed by atoms with Gasteiger partial charge in [-0.3, -0.25) is 24.0 Å². The molecule has 0 aliphatic rings. The quantitative estimate of drug-likeness (QED) is 0.332. The zero-order valence-corrected chi connectivity index (χ0v) is 18.7. The minimum Gasteiger partial charge on any atom is -0.423 e. The second-order valence-electron chi connectivity index (χ2n) is 6.76. The van der Waals surface area contributed by atoms with Gasteiger partial charge in [-0.15, -0.1) is 0 Å². The highest BCUT2D eigenvalue weighted by atomic mass is 16.6. The van der Waals surface area contributed by atoms with Gasteiger partial charge < -0.3 is 23.7 Å². The molecule has 0 unspecified atom stereocenters. The Balaban J connectivity index is 2.17. The van der Waals surface area contributed by atoms with E-state index in [1.54, 1.807) is 0 Å². The first-order chi connectivity index (χ1) is 15.9. The summed E-state index contributed by atoms with van der Waals surface area (Å²) in [7, 11) is 0. The van der Waals surface area contributed by atoms with E-state index in [1.807, 2.05) is 0 Å². The summed E-state index contributed by atoms with van der Waals surface area (Å²) in [6.45, 7) is 4.57. The van der Waals surface area contributed by atoms with Crippen LogP contribution in [0.2, 0.25) is 0 Å². The highest BCUT2D eigenvalue weighted by molar-refractivity contribution is 5.98. The molecule has 0 saturated carbocycles. The van der Waals surface area contributed by atoms with Gasteiger partial charge in [0.15, 0.2) is 23.0 Å². The summed E-state index contributed by atoms with van der Waals surface area (Å²) in [5.74, 6) is -5.14. The Hall–Kier alpha value is -4.54. The number of carbonyl (C=O) groups is 6. The molecular formula is C23H20O11. The van der Waals surface area contributed by atoms with E-state index in [0.29, 0.717) is 5.56 Å². The van der Waals surface area contributed by atoms with Gasteiger partial charge in [-0.25, -0.2) is 4.79 Å². The topological polar surface area (TPSA) is 149 Å². The molecule has 0 fully saturated rings. The number of carbonyl (C=O) groups excluding carboxylic acids is 6. The maximum atomic E-state index is 12.4. The molecule has 0 saturated heterocycles. The fourth-order valence-corrected chi connectivity index (χ4v) is 2.61. The molecule has 0 aliphatic carbocycles. The van der Waals surface area contributed by atoms with Gasteiger partial charge in [0.05, 0.1) is 12.0 Å². The van der Waals surface area contributed by atoms with Crippen LogP contribution in [0.5, 0.6) is 23.0 Å². The monoisotopic (exact) mass is 472 g/mol.